The second-order valence-corrected chi connectivity index (χ2v) is 14.4. The predicted octanol–water partition coefficient (Wildman–Crippen LogP) is 4.26. The van der Waals surface area contributed by atoms with Gasteiger partial charge in [-0.2, -0.15) is 5.26 Å². The Kier molecular flexibility index (Phi) is 9.00. The highest BCUT2D eigenvalue weighted by molar-refractivity contribution is 8.00. The minimum absolute atomic E-state index is 0.0418. The minimum Gasteiger partial charge on any atom is -0.357 e. The van der Waals surface area contributed by atoms with E-state index >= 15 is 0 Å². The van der Waals surface area contributed by atoms with Gasteiger partial charge >= 0.3 is 0 Å². The number of pyridine rings is 2. The Morgan fingerprint density at radius 1 is 1.13 bits per heavy atom. The number of anilines is 2. The van der Waals surface area contributed by atoms with E-state index in [9.17, 15) is 33.4 Å². The van der Waals surface area contributed by atoms with E-state index in [0.717, 1.165) is 11.0 Å². The zero-order chi connectivity index (χ0) is 33.3. The number of nitro benzene ring substituents is 1. The van der Waals surface area contributed by atoms with Gasteiger partial charge in [0.25, 0.3) is 11.2 Å². The highest BCUT2D eigenvalue weighted by Crippen LogP contribution is 2.36. The summed E-state index contributed by atoms with van der Waals surface area (Å²) in [6.07, 6.45) is 2.57. The molecule has 0 bridgehead atoms. The molecule has 2 aromatic carbocycles. The lowest BCUT2D eigenvalue weighted by Gasteiger charge is -2.38. The maximum Gasteiger partial charge on any atom is 0.289 e. The summed E-state index contributed by atoms with van der Waals surface area (Å²) in [4.78, 5) is 43.3. The number of hydrogen-bond donors (Lipinski definition) is 2. The number of nitriles is 1. The molecule has 1 aliphatic heterocycles. The molecule has 1 fully saturated rings. The van der Waals surface area contributed by atoms with Crippen molar-refractivity contribution in [2.45, 2.75) is 54.1 Å². The van der Waals surface area contributed by atoms with Gasteiger partial charge in [-0.05, 0) is 73.4 Å². The molecule has 0 saturated heterocycles. The molecule has 4 aromatic rings. The Morgan fingerprint density at radius 2 is 1.87 bits per heavy atom. The third kappa shape index (κ3) is 6.71. The first-order valence-electron chi connectivity index (χ1n) is 15.0. The number of amides is 1. The van der Waals surface area contributed by atoms with Gasteiger partial charge in [0.2, 0.25) is 15.9 Å². The molecule has 0 radical (unpaired) electrons. The van der Waals surface area contributed by atoms with Crippen molar-refractivity contribution >= 4 is 55.9 Å². The number of aromatic nitrogens is 2. The molecule has 0 spiro atoms. The number of carbonyl (C=O) groups excluding carboxylic acids is 1. The topological polar surface area (TPSA) is 180 Å². The Bertz CT molecular complexity index is 2090. The number of nitro groups is 1. The fourth-order valence-corrected chi connectivity index (χ4v) is 8.58. The van der Waals surface area contributed by atoms with E-state index in [-0.39, 0.29) is 30.0 Å². The lowest BCUT2D eigenvalue weighted by Crippen LogP contribution is -2.47. The van der Waals surface area contributed by atoms with Crippen molar-refractivity contribution in [2.24, 2.45) is 5.92 Å². The Labute approximate surface area is 274 Å². The standard InChI is InChI=1S/C32H31N7O6S2/c1-37(29-14-13-27-32(34-29)35-30(40)19-46-27)23-11-8-21(9-12-23)24(36-47(44,45)28-5-3-2-4-25(28)39(42)43)18-38-26-16-20(17-33)6-7-22(26)10-15-31(38)41/h2-7,10,13-16,21,23-24,36H,8-9,11-12,18-19H2,1H3,(H,34,35,40). The average Bonchev–Trinajstić information content (AvgIpc) is 3.08. The first-order chi connectivity index (χ1) is 22.5. The molecule has 3 heterocycles. The van der Waals surface area contributed by atoms with Gasteiger partial charge in [0.05, 0.1) is 32.7 Å². The van der Waals surface area contributed by atoms with E-state index in [1.807, 2.05) is 19.2 Å². The molecule has 47 heavy (non-hydrogen) atoms. The number of nitrogens with zero attached hydrogens (tertiary/aromatic N) is 5. The summed E-state index contributed by atoms with van der Waals surface area (Å²) < 4.78 is 31.7. The van der Waals surface area contributed by atoms with Crippen LogP contribution in [0.4, 0.5) is 17.3 Å². The number of nitrogens with one attached hydrogen (secondary N) is 2. The van der Waals surface area contributed by atoms with Crippen molar-refractivity contribution in [3.05, 3.63) is 92.8 Å². The summed E-state index contributed by atoms with van der Waals surface area (Å²) in [5, 5.41) is 24.8. The van der Waals surface area contributed by atoms with Gasteiger partial charge in [-0.1, -0.05) is 18.2 Å². The smallest absolute Gasteiger partial charge is 0.289 e. The second-order valence-electron chi connectivity index (χ2n) is 11.7. The zero-order valence-electron chi connectivity index (χ0n) is 25.3. The van der Waals surface area contributed by atoms with E-state index in [0.29, 0.717) is 59.5 Å². The Morgan fingerprint density at radius 3 is 2.62 bits per heavy atom. The third-order valence-electron chi connectivity index (χ3n) is 8.84. The van der Waals surface area contributed by atoms with Crippen molar-refractivity contribution < 1.29 is 18.1 Å². The summed E-state index contributed by atoms with van der Waals surface area (Å²) in [6.45, 7) is -0.0418. The number of thioether (sulfide) groups is 1. The molecule has 2 aromatic heterocycles. The molecule has 242 valence electrons. The SMILES string of the molecule is CN(c1ccc2c(n1)NC(=O)CS2)C1CCC(C(Cn2c(=O)ccc3ccc(C#N)cc32)NS(=O)(=O)c2ccccc2[N+](=O)[O-])CC1. The second kappa shape index (κ2) is 13.1. The van der Waals surface area contributed by atoms with Crippen molar-refractivity contribution in [1.29, 1.82) is 5.26 Å². The summed E-state index contributed by atoms with van der Waals surface area (Å²) in [7, 11) is -2.45. The first-order valence-corrected chi connectivity index (χ1v) is 17.5. The lowest BCUT2D eigenvalue weighted by molar-refractivity contribution is -0.387. The summed E-state index contributed by atoms with van der Waals surface area (Å²) >= 11 is 1.44. The highest BCUT2D eigenvalue weighted by atomic mass is 32.2. The average molecular weight is 674 g/mol. The third-order valence-corrected chi connectivity index (χ3v) is 11.4. The van der Waals surface area contributed by atoms with Crippen molar-refractivity contribution in [3.63, 3.8) is 0 Å². The number of rotatable bonds is 9. The molecule has 2 aliphatic rings. The van der Waals surface area contributed by atoms with Crippen LogP contribution in [0, 0.1) is 27.4 Å². The molecule has 6 rings (SSSR count). The number of hydrogen-bond acceptors (Lipinski definition) is 10. The molecule has 15 heteroatoms. The van der Waals surface area contributed by atoms with Crippen LogP contribution in [-0.4, -0.2) is 53.7 Å². The maximum absolute atomic E-state index is 13.8. The molecular formula is C32H31N7O6S2. The number of sulfonamides is 1. The molecular weight excluding hydrogens is 643 g/mol. The van der Waals surface area contributed by atoms with Gasteiger partial charge in [0.1, 0.15) is 11.6 Å². The first kappa shape index (κ1) is 32.2. The van der Waals surface area contributed by atoms with Crippen LogP contribution in [0.25, 0.3) is 10.9 Å². The lowest BCUT2D eigenvalue weighted by atomic mass is 9.81. The van der Waals surface area contributed by atoms with Crippen LogP contribution in [0.2, 0.25) is 0 Å². The van der Waals surface area contributed by atoms with Crippen LogP contribution in [0.1, 0.15) is 31.2 Å². The summed E-state index contributed by atoms with van der Waals surface area (Å²) in [5.74, 6) is 1.28. The van der Waals surface area contributed by atoms with Gasteiger partial charge in [0.15, 0.2) is 4.90 Å². The maximum atomic E-state index is 13.8. The number of para-hydroxylation sites is 1. The van der Waals surface area contributed by atoms with Crippen LogP contribution in [0.3, 0.4) is 0 Å². The minimum atomic E-state index is -4.39. The monoisotopic (exact) mass is 673 g/mol. The molecule has 1 aliphatic carbocycles. The van der Waals surface area contributed by atoms with E-state index in [2.05, 4.69) is 26.0 Å². The molecule has 1 unspecified atom stereocenters. The normalized spacial score (nSPS) is 18.5. The molecule has 2 N–H and O–H groups in total. The van der Waals surface area contributed by atoms with Crippen LogP contribution in [-0.2, 0) is 21.4 Å². The Hall–Kier alpha value is -4.78. The van der Waals surface area contributed by atoms with Gasteiger partial charge in [0, 0.05) is 37.8 Å². The predicted molar refractivity (Wildman–Crippen MR) is 178 cm³/mol. The Balaban J connectivity index is 1.29. The highest BCUT2D eigenvalue weighted by Gasteiger charge is 2.35. The molecule has 1 atom stereocenters. The fraction of sp³-hybridized carbons (Fsp3) is 0.312. The summed E-state index contributed by atoms with van der Waals surface area (Å²) in [5.41, 5.74) is -0.0631. The molecule has 13 nitrogen and oxygen atoms in total. The van der Waals surface area contributed by atoms with Gasteiger partial charge < -0.3 is 14.8 Å². The number of fused-ring (bicyclic) bond motifs is 2. The molecule has 1 saturated carbocycles. The summed E-state index contributed by atoms with van der Waals surface area (Å²) in [6, 6.07) is 18.4. The van der Waals surface area contributed by atoms with E-state index in [1.165, 1.54) is 40.6 Å². The van der Waals surface area contributed by atoms with Crippen LogP contribution < -0.4 is 20.5 Å². The van der Waals surface area contributed by atoms with Crippen molar-refractivity contribution in [3.8, 4) is 6.07 Å². The van der Waals surface area contributed by atoms with Crippen molar-refractivity contribution in [2.75, 3.05) is 23.0 Å². The number of benzene rings is 2. The van der Waals surface area contributed by atoms with Crippen LogP contribution in [0.5, 0.6) is 0 Å². The van der Waals surface area contributed by atoms with E-state index in [1.54, 1.807) is 24.3 Å². The van der Waals surface area contributed by atoms with Crippen LogP contribution in [0.15, 0.2) is 81.3 Å². The quantitative estimate of drug-likeness (QED) is 0.192. The fourth-order valence-electron chi connectivity index (χ4n) is 6.35. The van der Waals surface area contributed by atoms with E-state index < -0.39 is 31.6 Å². The van der Waals surface area contributed by atoms with Gasteiger partial charge in [-0.3, -0.25) is 19.7 Å². The van der Waals surface area contributed by atoms with Crippen molar-refractivity contribution in [1.82, 2.24) is 14.3 Å². The van der Waals surface area contributed by atoms with E-state index in [4.69, 9.17) is 0 Å². The van der Waals surface area contributed by atoms with Gasteiger partial charge in [-0.15, -0.1) is 11.8 Å². The van der Waals surface area contributed by atoms with Gasteiger partial charge in [-0.25, -0.2) is 18.1 Å². The van der Waals surface area contributed by atoms with Crippen LogP contribution >= 0.6 is 11.8 Å². The largest absolute Gasteiger partial charge is 0.357 e. The molecule has 1 amide bonds. The zero-order valence-corrected chi connectivity index (χ0v) is 27.0. The number of carbonyl (C=O) groups is 1.